The topological polar surface area (TPSA) is 160 Å². The zero-order chi connectivity index (χ0) is 25.2. The maximum absolute atomic E-state index is 12.7. The second kappa shape index (κ2) is 10.3. The Morgan fingerprint density at radius 2 is 1.97 bits per heavy atom. The molecule has 2 aliphatic heterocycles. The first-order valence-corrected chi connectivity index (χ1v) is 12.2. The Bertz CT molecular complexity index is 1040. The zero-order valence-corrected chi connectivity index (χ0v) is 20.3. The summed E-state index contributed by atoms with van der Waals surface area (Å²) in [4.78, 5) is 39.9. The fraction of sp³-hybridized carbons (Fsp3) is 0.524. The van der Waals surface area contributed by atoms with Gasteiger partial charge in [-0.1, -0.05) is 11.6 Å². The first-order valence-electron chi connectivity index (χ1n) is 10.7. The van der Waals surface area contributed by atoms with Crippen molar-refractivity contribution in [3.8, 4) is 11.5 Å². The van der Waals surface area contributed by atoms with Crippen LogP contribution in [0.5, 0.6) is 11.5 Å². The summed E-state index contributed by atoms with van der Waals surface area (Å²) in [7, 11) is 0. The van der Waals surface area contributed by atoms with Gasteiger partial charge in [-0.3, -0.25) is 14.4 Å². The molecule has 0 saturated carbocycles. The molecule has 2 fully saturated rings. The quantitative estimate of drug-likeness (QED) is 0.140. The summed E-state index contributed by atoms with van der Waals surface area (Å²) >= 11 is 3.65. The normalized spacial score (nSPS) is 21.8. The van der Waals surface area contributed by atoms with Crippen molar-refractivity contribution in [1.82, 2.24) is 15.2 Å². The molecule has 34 heavy (non-hydrogen) atoms. The van der Waals surface area contributed by atoms with E-state index in [0.29, 0.717) is 19.3 Å². The number of carbonyl (C=O) groups excluding carboxylic acids is 3. The molecule has 0 bridgehead atoms. The number of phenols is 2. The summed E-state index contributed by atoms with van der Waals surface area (Å²) in [6.07, 6.45) is 2.29. The van der Waals surface area contributed by atoms with Crippen LogP contribution in [-0.2, 0) is 20.7 Å². The van der Waals surface area contributed by atoms with Gasteiger partial charge in [0.2, 0.25) is 11.8 Å². The fourth-order valence-electron chi connectivity index (χ4n) is 3.90. The third-order valence-electron chi connectivity index (χ3n) is 6.20. The minimum Gasteiger partial charge on any atom is -0.504 e. The van der Waals surface area contributed by atoms with Crippen LogP contribution in [0, 0.1) is 5.92 Å². The van der Waals surface area contributed by atoms with Gasteiger partial charge in [-0.25, -0.2) is 9.63 Å². The van der Waals surface area contributed by atoms with Crippen molar-refractivity contribution in [2.24, 2.45) is 11.0 Å². The van der Waals surface area contributed by atoms with Crippen LogP contribution < -0.4 is 5.43 Å². The largest absolute Gasteiger partial charge is 0.504 e. The van der Waals surface area contributed by atoms with Crippen LogP contribution in [0.1, 0.15) is 43.5 Å². The second-order valence-electron chi connectivity index (χ2n) is 8.73. The number of nitrogens with zero attached hydrogens (tertiary/aromatic N) is 3. The van der Waals surface area contributed by atoms with E-state index in [0.717, 1.165) is 0 Å². The average Bonchev–Trinajstić information content (AvgIpc) is 2.81. The molecular weight excluding hydrogens is 488 g/mol. The summed E-state index contributed by atoms with van der Waals surface area (Å²) in [5.41, 5.74) is 2.44. The number of hydrazone groups is 1. The monoisotopic (exact) mass is 514 g/mol. The number of halogens is 1. The molecule has 2 aliphatic rings. The number of nitrogens with one attached hydrogen (secondary N) is 1. The predicted molar refractivity (Wildman–Crippen MR) is 125 cm³/mol. The molecule has 3 amide bonds. The first kappa shape index (κ1) is 25.9. The Hall–Kier alpha value is -2.70. The molecule has 186 valence electrons. The molecule has 3 atom stereocenters. The number of phenolic OH excluding ortho intramolecular Hbond substituents is 2. The smallest absolute Gasteiger partial charge is 0.255 e. The maximum Gasteiger partial charge on any atom is 0.255 e. The third kappa shape index (κ3) is 5.34. The molecule has 4 N–H and O–H groups in total. The summed E-state index contributed by atoms with van der Waals surface area (Å²) < 4.78 is 20.2. The minimum absolute atomic E-state index is 0.00531. The number of amides is 3. The number of β-lactam (4-membered cyclic amide) rings is 1. The number of carbonyl (C=O) groups is 3. The van der Waals surface area contributed by atoms with Gasteiger partial charge in [-0.15, -0.1) is 0 Å². The number of piperidine rings is 1. The second-order valence-corrected chi connectivity index (χ2v) is 10.5. The summed E-state index contributed by atoms with van der Waals surface area (Å²) in [5.74, 6) is -2.33. The van der Waals surface area contributed by atoms with Gasteiger partial charge in [0.15, 0.2) is 22.6 Å². The molecule has 0 aliphatic carbocycles. The molecule has 1 aromatic rings. The Morgan fingerprint density at radius 1 is 1.32 bits per heavy atom. The molecule has 11 nitrogen and oxygen atoms in total. The molecule has 0 aromatic heterocycles. The van der Waals surface area contributed by atoms with E-state index in [1.807, 2.05) is 6.92 Å². The molecule has 3 rings (SSSR count). The molecule has 13 heteroatoms. The van der Waals surface area contributed by atoms with Gasteiger partial charge < -0.3 is 24.6 Å². The van der Waals surface area contributed by atoms with Crippen molar-refractivity contribution < 1.29 is 33.4 Å². The number of likely N-dealkylation sites (tertiary alicyclic amines) is 2. The van der Waals surface area contributed by atoms with E-state index < -0.39 is 39.2 Å². The van der Waals surface area contributed by atoms with E-state index in [4.69, 9.17) is 11.6 Å². The standard InChI is InChI=1S/C21H27ClN4O7S/c1-12-9-16(28)26(12)11-21(2,34(32)33)10-23-24-19(30)13-5-7-25(8-6-13)20(31)14-3-4-15(27)18(29)17(14)22/h3-4,10,12-13,27,29H,5-9,11H2,1-2H3,(H,24,30)(H,32,33)/b23-10+/t12-,21+/m1/s1. The van der Waals surface area contributed by atoms with E-state index in [1.54, 1.807) is 0 Å². The van der Waals surface area contributed by atoms with Crippen molar-refractivity contribution in [3.05, 3.63) is 22.7 Å². The van der Waals surface area contributed by atoms with Crippen LogP contribution in [0.25, 0.3) is 0 Å². The van der Waals surface area contributed by atoms with Gasteiger partial charge in [0.05, 0.1) is 10.6 Å². The van der Waals surface area contributed by atoms with E-state index in [1.165, 1.54) is 35.1 Å². The van der Waals surface area contributed by atoms with E-state index in [2.05, 4.69) is 10.5 Å². The summed E-state index contributed by atoms with van der Waals surface area (Å²) in [6, 6.07) is 2.48. The molecular formula is C21H27ClN4O7S. The van der Waals surface area contributed by atoms with Crippen LogP contribution in [0.15, 0.2) is 17.2 Å². The highest BCUT2D eigenvalue weighted by Gasteiger charge is 2.40. The van der Waals surface area contributed by atoms with Crippen molar-refractivity contribution in [2.45, 2.75) is 43.9 Å². The zero-order valence-electron chi connectivity index (χ0n) is 18.7. The van der Waals surface area contributed by atoms with E-state index in [9.17, 15) is 33.4 Å². The van der Waals surface area contributed by atoms with Crippen molar-refractivity contribution >= 4 is 46.6 Å². The number of aromatic hydroxyl groups is 2. The minimum atomic E-state index is -2.32. The lowest BCUT2D eigenvalue weighted by atomic mass is 9.95. The van der Waals surface area contributed by atoms with Crippen molar-refractivity contribution in [2.75, 3.05) is 19.6 Å². The van der Waals surface area contributed by atoms with Crippen LogP contribution in [0.4, 0.5) is 0 Å². The number of benzene rings is 1. The third-order valence-corrected chi connectivity index (χ3v) is 7.61. The SMILES string of the molecule is C[C@@H]1CC(=O)N1C[C@](C)(/C=N/NC(=O)C1CCN(C(=O)c2ccc(O)c(O)c2Cl)CC1)S(=O)O. The van der Waals surface area contributed by atoms with Gasteiger partial charge in [-0.2, -0.15) is 5.10 Å². The number of rotatable bonds is 7. The highest BCUT2D eigenvalue weighted by molar-refractivity contribution is 7.81. The Morgan fingerprint density at radius 3 is 2.53 bits per heavy atom. The average molecular weight is 515 g/mol. The molecule has 0 spiro atoms. The Labute approximate surface area is 204 Å². The lowest BCUT2D eigenvalue weighted by Crippen LogP contribution is -2.58. The lowest BCUT2D eigenvalue weighted by molar-refractivity contribution is -0.145. The molecule has 1 aromatic carbocycles. The Balaban J connectivity index is 1.54. The predicted octanol–water partition coefficient (Wildman–Crippen LogP) is 1.31. The van der Waals surface area contributed by atoms with Gasteiger partial charge in [0, 0.05) is 44.2 Å². The van der Waals surface area contributed by atoms with Gasteiger partial charge in [-0.05, 0) is 38.8 Å². The molecule has 0 radical (unpaired) electrons. The molecule has 2 saturated heterocycles. The van der Waals surface area contributed by atoms with Gasteiger partial charge in [0.1, 0.15) is 4.75 Å². The Kier molecular flexibility index (Phi) is 7.84. The van der Waals surface area contributed by atoms with E-state index >= 15 is 0 Å². The summed E-state index contributed by atoms with van der Waals surface area (Å²) in [5, 5.41) is 22.9. The highest BCUT2D eigenvalue weighted by atomic mass is 35.5. The highest BCUT2D eigenvalue weighted by Crippen LogP contribution is 2.36. The van der Waals surface area contributed by atoms with Gasteiger partial charge >= 0.3 is 0 Å². The number of hydrogen-bond acceptors (Lipinski definition) is 7. The van der Waals surface area contributed by atoms with Crippen LogP contribution in [0.2, 0.25) is 5.02 Å². The summed E-state index contributed by atoms with van der Waals surface area (Å²) in [6.45, 7) is 3.87. The van der Waals surface area contributed by atoms with Gasteiger partial charge in [0.25, 0.3) is 5.91 Å². The first-order chi connectivity index (χ1) is 15.9. The maximum atomic E-state index is 12.7. The van der Waals surface area contributed by atoms with E-state index in [-0.39, 0.29) is 48.1 Å². The van der Waals surface area contributed by atoms with Crippen molar-refractivity contribution in [1.29, 1.82) is 0 Å². The van der Waals surface area contributed by atoms with Crippen LogP contribution in [0.3, 0.4) is 0 Å². The fourth-order valence-corrected chi connectivity index (χ4v) is 4.53. The molecule has 2 heterocycles. The molecule has 1 unspecified atom stereocenters. The number of hydrogen-bond donors (Lipinski definition) is 4. The lowest BCUT2D eigenvalue weighted by Gasteiger charge is -2.41. The van der Waals surface area contributed by atoms with Crippen molar-refractivity contribution in [3.63, 3.8) is 0 Å². The van der Waals surface area contributed by atoms with Crippen LogP contribution >= 0.6 is 11.6 Å². The van der Waals surface area contributed by atoms with Crippen LogP contribution in [-0.4, -0.2) is 83.1 Å².